The van der Waals surface area contributed by atoms with Crippen LogP contribution in [0.2, 0.25) is 0 Å². The van der Waals surface area contributed by atoms with Crippen LogP contribution in [0.15, 0.2) is 0 Å². The van der Waals surface area contributed by atoms with Crippen molar-refractivity contribution in [3.05, 3.63) is 0 Å². The average Bonchev–Trinajstić information content (AvgIpc) is 2.01. The highest BCUT2D eigenvalue weighted by molar-refractivity contribution is 7.87. The highest BCUT2D eigenvalue weighted by Crippen LogP contribution is 2.25. The molecule has 0 aromatic carbocycles. The Labute approximate surface area is 86.5 Å². The molecule has 0 atom stereocenters. The molecule has 0 fully saturated rings. The monoisotopic (exact) mass is 250 g/mol. The van der Waals surface area contributed by atoms with E-state index in [1.54, 1.807) is 13.8 Å². The van der Waals surface area contributed by atoms with Gasteiger partial charge in [0.15, 0.2) is 0 Å². The van der Waals surface area contributed by atoms with Gasteiger partial charge >= 0.3 is 15.6 Å². The molecule has 0 aliphatic rings. The molecule has 0 N–H and O–H groups in total. The van der Waals surface area contributed by atoms with Crippen LogP contribution in [0, 0.1) is 0 Å². The number of methoxy groups -OCH3 is 1. The van der Waals surface area contributed by atoms with E-state index in [0.29, 0.717) is 0 Å². The maximum absolute atomic E-state index is 11.8. The molecule has 0 unspecified atom stereocenters. The number of rotatable bonds is 5. The molecule has 0 bridgehead atoms. The Hall–Kier alpha value is -0.340. The first-order valence-electron chi connectivity index (χ1n) is 4.03. The zero-order valence-corrected chi connectivity index (χ0v) is 9.41. The van der Waals surface area contributed by atoms with Gasteiger partial charge in [0.1, 0.15) is 0 Å². The standard InChI is InChI=1S/C7H13F3O4S/c1-6(2,13-3)4-5-14-15(11,12)7(8,9)10/h4-5H2,1-3H3. The number of hydrogen-bond acceptors (Lipinski definition) is 4. The van der Waals surface area contributed by atoms with Crippen LogP contribution in [0.5, 0.6) is 0 Å². The maximum Gasteiger partial charge on any atom is 0.523 e. The van der Waals surface area contributed by atoms with E-state index < -0.39 is 27.8 Å². The summed E-state index contributed by atoms with van der Waals surface area (Å²) in [5.74, 6) is 0. The second kappa shape index (κ2) is 4.67. The van der Waals surface area contributed by atoms with Gasteiger partial charge in [-0.2, -0.15) is 21.6 Å². The van der Waals surface area contributed by atoms with Crippen molar-refractivity contribution in [3.63, 3.8) is 0 Å². The molecule has 4 nitrogen and oxygen atoms in total. The lowest BCUT2D eigenvalue weighted by Gasteiger charge is -2.22. The fourth-order valence-corrected chi connectivity index (χ4v) is 1.00. The van der Waals surface area contributed by atoms with Crippen molar-refractivity contribution >= 4 is 10.1 Å². The van der Waals surface area contributed by atoms with Crippen LogP contribution in [-0.4, -0.2) is 33.2 Å². The fraction of sp³-hybridized carbons (Fsp3) is 1.00. The van der Waals surface area contributed by atoms with Crippen LogP contribution in [-0.2, 0) is 19.0 Å². The molecule has 0 aliphatic carbocycles. The molecule has 0 aromatic rings. The fourth-order valence-electron chi connectivity index (χ4n) is 0.566. The van der Waals surface area contributed by atoms with E-state index in [4.69, 9.17) is 4.74 Å². The molecule has 8 heteroatoms. The van der Waals surface area contributed by atoms with Gasteiger partial charge < -0.3 is 4.74 Å². The van der Waals surface area contributed by atoms with E-state index >= 15 is 0 Å². The number of hydrogen-bond donors (Lipinski definition) is 0. The Morgan fingerprint density at radius 3 is 2.00 bits per heavy atom. The molecule has 15 heavy (non-hydrogen) atoms. The Balaban J connectivity index is 4.20. The molecule has 0 aromatic heterocycles. The summed E-state index contributed by atoms with van der Waals surface area (Å²) < 4.78 is 64.9. The molecular weight excluding hydrogens is 237 g/mol. The van der Waals surface area contributed by atoms with Gasteiger partial charge in [0.2, 0.25) is 0 Å². The van der Waals surface area contributed by atoms with Crippen LogP contribution < -0.4 is 0 Å². The minimum atomic E-state index is -5.48. The minimum Gasteiger partial charge on any atom is -0.379 e. The third kappa shape index (κ3) is 4.80. The van der Waals surface area contributed by atoms with Crippen molar-refractivity contribution in [2.75, 3.05) is 13.7 Å². The van der Waals surface area contributed by atoms with Crippen molar-refractivity contribution in [2.45, 2.75) is 31.4 Å². The summed E-state index contributed by atoms with van der Waals surface area (Å²) in [4.78, 5) is 0. The van der Waals surface area contributed by atoms with Gasteiger partial charge in [-0.3, -0.25) is 4.18 Å². The highest BCUT2D eigenvalue weighted by Gasteiger charge is 2.47. The number of alkyl halides is 3. The summed E-state index contributed by atoms with van der Waals surface area (Å²) in [5.41, 5.74) is -6.09. The molecule has 0 spiro atoms. The lowest BCUT2D eigenvalue weighted by Crippen LogP contribution is -2.29. The Morgan fingerprint density at radius 2 is 1.67 bits per heavy atom. The predicted molar refractivity (Wildman–Crippen MR) is 46.6 cm³/mol. The quantitative estimate of drug-likeness (QED) is 0.550. The van der Waals surface area contributed by atoms with Gasteiger partial charge in [0.05, 0.1) is 12.2 Å². The molecular formula is C7H13F3O4S. The van der Waals surface area contributed by atoms with Crippen LogP contribution in [0.25, 0.3) is 0 Å². The Morgan fingerprint density at radius 1 is 1.20 bits per heavy atom. The molecule has 92 valence electrons. The van der Waals surface area contributed by atoms with Crippen LogP contribution >= 0.6 is 0 Å². The van der Waals surface area contributed by atoms with E-state index in [1.165, 1.54) is 7.11 Å². The lowest BCUT2D eigenvalue weighted by atomic mass is 10.1. The molecule has 0 radical (unpaired) electrons. The zero-order valence-electron chi connectivity index (χ0n) is 8.59. The van der Waals surface area contributed by atoms with E-state index in [2.05, 4.69) is 4.18 Å². The topological polar surface area (TPSA) is 52.6 Å². The summed E-state index contributed by atoms with van der Waals surface area (Å²) in [6.45, 7) is 2.65. The van der Waals surface area contributed by atoms with Crippen molar-refractivity contribution in [1.29, 1.82) is 0 Å². The van der Waals surface area contributed by atoms with Gasteiger partial charge in [0.25, 0.3) is 0 Å². The highest BCUT2D eigenvalue weighted by atomic mass is 32.2. The van der Waals surface area contributed by atoms with E-state index in [9.17, 15) is 21.6 Å². The predicted octanol–water partition coefficient (Wildman–Crippen LogP) is 1.67. The average molecular weight is 250 g/mol. The van der Waals surface area contributed by atoms with Gasteiger partial charge in [-0.05, 0) is 13.8 Å². The molecule has 0 saturated heterocycles. The van der Waals surface area contributed by atoms with Crippen molar-refractivity contribution in [3.8, 4) is 0 Å². The summed E-state index contributed by atoms with van der Waals surface area (Å²) in [6, 6.07) is 0. The number of ether oxygens (including phenoxy) is 1. The summed E-state index contributed by atoms with van der Waals surface area (Å²) >= 11 is 0. The van der Waals surface area contributed by atoms with Gasteiger partial charge in [-0.25, -0.2) is 0 Å². The van der Waals surface area contributed by atoms with Crippen molar-refractivity contribution in [1.82, 2.24) is 0 Å². The first-order valence-corrected chi connectivity index (χ1v) is 5.43. The zero-order chi connectivity index (χ0) is 12.3. The first-order chi connectivity index (χ1) is 6.52. The third-order valence-electron chi connectivity index (χ3n) is 1.78. The summed E-state index contributed by atoms with van der Waals surface area (Å²) in [7, 11) is -4.11. The van der Waals surface area contributed by atoms with Crippen LogP contribution in [0.1, 0.15) is 20.3 Å². The van der Waals surface area contributed by atoms with Gasteiger partial charge in [-0.1, -0.05) is 0 Å². The van der Waals surface area contributed by atoms with Crippen LogP contribution in [0.3, 0.4) is 0 Å². The normalized spacial score (nSPS) is 14.3. The Kier molecular flexibility index (Phi) is 4.56. The second-order valence-electron chi connectivity index (χ2n) is 3.44. The largest absolute Gasteiger partial charge is 0.523 e. The van der Waals surface area contributed by atoms with Crippen molar-refractivity contribution in [2.24, 2.45) is 0 Å². The smallest absolute Gasteiger partial charge is 0.379 e. The molecule has 0 heterocycles. The molecule has 0 rings (SSSR count). The summed E-state index contributed by atoms with van der Waals surface area (Å²) in [5, 5.41) is 0. The van der Waals surface area contributed by atoms with Crippen molar-refractivity contribution < 1.29 is 30.5 Å². The SMILES string of the molecule is COC(C)(C)CCOS(=O)(=O)C(F)(F)F. The lowest BCUT2D eigenvalue weighted by molar-refractivity contribution is -0.0566. The summed E-state index contributed by atoms with van der Waals surface area (Å²) in [6.07, 6.45) is 0.0405. The van der Waals surface area contributed by atoms with Gasteiger partial charge in [-0.15, -0.1) is 0 Å². The van der Waals surface area contributed by atoms with Crippen LogP contribution in [0.4, 0.5) is 13.2 Å². The number of halogens is 3. The minimum absolute atomic E-state index is 0.0405. The second-order valence-corrected chi connectivity index (χ2v) is 5.04. The third-order valence-corrected chi connectivity index (χ3v) is 2.82. The maximum atomic E-state index is 11.8. The first kappa shape index (κ1) is 14.7. The van der Waals surface area contributed by atoms with Gasteiger partial charge in [0, 0.05) is 13.5 Å². The molecule has 0 aliphatic heterocycles. The Bertz CT molecular complexity index is 294. The molecule has 0 amide bonds. The molecule has 0 saturated carbocycles. The van der Waals surface area contributed by atoms with E-state index in [1.807, 2.05) is 0 Å². The van der Waals surface area contributed by atoms with E-state index in [0.717, 1.165) is 0 Å². The van der Waals surface area contributed by atoms with E-state index in [-0.39, 0.29) is 6.42 Å².